The predicted octanol–water partition coefficient (Wildman–Crippen LogP) is 1.54. The third kappa shape index (κ3) is 3.61. The number of nitrogens with one attached hydrogen (secondary N) is 3. The summed E-state index contributed by atoms with van der Waals surface area (Å²) in [6.45, 7) is 8.07. The van der Waals surface area contributed by atoms with Crippen molar-refractivity contribution < 1.29 is 9.59 Å². The number of hydrogen-bond donors (Lipinski definition) is 3. The summed E-state index contributed by atoms with van der Waals surface area (Å²) in [4.78, 5) is 24.0. The van der Waals surface area contributed by atoms with Gasteiger partial charge in [0.05, 0.1) is 5.92 Å². The van der Waals surface area contributed by atoms with Crippen LogP contribution in [0.25, 0.3) is 0 Å². The van der Waals surface area contributed by atoms with Gasteiger partial charge in [0.2, 0.25) is 5.91 Å². The van der Waals surface area contributed by atoms with Crippen molar-refractivity contribution in [3.05, 3.63) is 29.3 Å². The first-order valence-corrected chi connectivity index (χ1v) is 7.43. The third-order valence-electron chi connectivity index (χ3n) is 3.94. The molecule has 0 aromatic heterocycles. The van der Waals surface area contributed by atoms with E-state index >= 15 is 0 Å². The van der Waals surface area contributed by atoms with Crippen molar-refractivity contribution in [3.8, 4) is 0 Å². The standard InChI is InChI=1S/C16H23N3O2/c1-4-18-15(20)12-5-6-14(10(2)7-12)19-16(21)13-9-17-8-11(13)3/h5-7,11,13,17H,4,8-9H2,1-3H3,(H,18,20)(H,19,21). The Bertz CT molecular complexity index is 542. The molecule has 1 aromatic rings. The molecule has 1 aromatic carbocycles. The van der Waals surface area contributed by atoms with Crippen LogP contribution in [-0.2, 0) is 4.79 Å². The highest BCUT2D eigenvalue weighted by Gasteiger charge is 2.29. The maximum absolute atomic E-state index is 12.3. The number of amides is 2. The maximum atomic E-state index is 12.3. The van der Waals surface area contributed by atoms with Crippen LogP contribution in [0.1, 0.15) is 29.8 Å². The van der Waals surface area contributed by atoms with Gasteiger partial charge in [0.15, 0.2) is 0 Å². The van der Waals surface area contributed by atoms with Gasteiger partial charge in [-0.2, -0.15) is 0 Å². The van der Waals surface area contributed by atoms with E-state index in [9.17, 15) is 9.59 Å². The lowest BCUT2D eigenvalue weighted by Crippen LogP contribution is -2.28. The van der Waals surface area contributed by atoms with Crippen molar-refractivity contribution in [1.82, 2.24) is 10.6 Å². The van der Waals surface area contributed by atoms with Crippen LogP contribution in [0.5, 0.6) is 0 Å². The summed E-state index contributed by atoms with van der Waals surface area (Å²) in [5.41, 5.74) is 2.28. The van der Waals surface area contributed by atoms with E-state index in [2.05, 4.69) is 22.9 Å². The minimum Gasteiger partial charge on any atom is -0.352 e. The van der Waals surface area contributed by atoms with Gasteiger partial charge in [0.1, 0.15) is 0 Å². The van der Waals surface area contributed by atoms with Crippen molar-refractivity contribution >= 4 is 17.5 Å². The second-order valence-corrected chi connectivity index (χ2v) is 5.62. The van der Waals surface area contributed by atoms with Crippen LogP contribution in [0.4, 0.5) is 5.69 Å². The molecule has 5 nitrogen and oxygen atoms in total. The molecule has 5 heteroatoms. The van der Waals surface area contributed by atoms with Gasteiger partial charge in [-0.1, -0.05) is 6.92 Å². The molecule has 1 aliphatic rings. The first-order valence-electron chi connectivity index (χ1n) is 7.43. The summed E-state index contributed by atoms with van der Waals surface area (Å²) in [7, 11) is 0. The van der Waals surface area contributed by atoms with E-state index < -0.39 is 0 Å². The van der Waals surface area contributed by atoms with E-state index in [-0.39, 0.29) is 17.7 Å². The quantitative estimate of drug-likeness (QED) is 0.787. The Balaban J connectivity index is 2.07. The highest BCUT2D eigenvalue weighted by atomic mass is 16.2. The molecule has 2 unspecified atom stereocenters. The highest BCUT2D eigenvalue weighted by molar-refractivity contribution is 5.97. The maximum Gasteiger partial charge on any atom is 0.251 e. The molecule has 1 heterocycles. The zero-order valence-electron chi connectivity index (χ0n) is 12.8. The SMILES string of the molecule is CCNC(=O)c1ccc(NC(=O)C2CNCC2C)c(C)c1. The predicted molar refractivity (Wildman–Crippen MR) is 83.3 cm³/mol. The van der Waals surface area contributed by atoms with Crippen molar-refractivity contribution in [2.45, 2.75) is 20.8 Å². The topological polar surface area (TPSA) is 70.2 Å². The van der Waals surface area contributed by atoms with Crippen molar-refractivity contribution in [3.63, 3.8) is 0 Å². The molecule has 1 aliphatic heterocycles. The van der Waals surface area contributed by atoms with E-state index in [1.54, 1.807) is 18.2 Å². The van der Waals surface area contributed by atoms with E-state index in [4.69, 9.17) is 0 Å². The lowest BCUT2D eigenvalue weighted by atomic mass is 9.97. The number of anilines is 1. The van der Waals surface area contributed by atoms with Crippen LogP contribution in [0.15, 0.2) is 18.2 Å². The molecule has 114 valence electrons. The average molecular weight is 289 g/mol. The third-order valence-corrected chi connectivity index (χ3v) is 3.94. The molecule has 0 spiro atoms. The van der Waals surface area contributed by atoms with E-state index in [0.717, 1.165) is 24.3 Å². The molecular weight excluding hydrogens is 266 g/mol. The van der Waals surface area contributed by atoms with Crippen LogP contribution in [0.3, 0.4) is 0 Å². The molecule has 0 saturated carbocycles. The van der Waals surface area contributed by atoms with Gasteiger partial charge in [0.25, 0.3) is 5.91 Å². The number of carbonyl (C=O) groups is 2. The summed E-state index contributed by atoms with van der Waals surface area (Å²) in [5.74, 6) is 0.306. The number of aryl methyl sites for hydroxylation is 1. The summed E-state index contributed by atoms with van der Waals surface area (Å²) < 4.78 is 0. The summed E-state index contributed by atoms with van der Waals surface area (Å²) >= 11 is 0. The molecule has 0 bridgehead atoms. The number of hydrogen-bond acceptors (Lipinski definition) is 3. The van der Waals surface area contributed by atoms with Crippen LogP contribution in [0, 0.1) is 18.8 Å². The molecule has 21 heavy (non-hydrogen) atoms. The van der Waals surface area contributed by atoms with E-state index in [0.29, 0.717) is 18.0 Å². The van der Waals surface area contributed by atoms with Crippen molar-refractivity contribution in [1.29, 1.82) is 0 Å². The number of benzene rings is 1. The number of carbonyl (C=O) groups excluding carboxylic acids is 2. The van der Waals surface area contributed by atoms with Crippen LogP contribution < -0.4 is 16.0 Å². The molecule has 2 amide bonds. The largest absolute Gasteiger partial charge is 0.352 e. The van der Waals surface area contributed by atoms with Gasteiger partial charge in [-0.3, -0.25) is 9.59 Å². The Morgan fingerprint density at radius 3 is 2.67 bits per heavy atom. The molecule has 1 saturated heterocycles. The van der Waals surface area contributed by atoms with Crippen molar-refractivity contribution in [2.75, 3.05) is 25.0 Å². The fraction of sp³-hybridized carbons (Fsp3) is 0.500. The monoisotopic (exact) mass is 289 g/mol. The minimum absolute atomic E-state index is 0.00691. The Labute approximate surface area is 125 Å². The van der Waals surface area contributed by atoms with Gasteiger partial charge in [0, 0.05) is 24.3 Å². The fourth-order valence-electron chi connectivity index (χ4n) is 2.59. The van der Waals surface area contributed by atoms with Crippen LogP contribution >= 0.6 is 0 Å². The minimum atomic E-state index is -0.0907. The normalized spacial score (nSPS) is 21.1. The van der Waals surface area contributed by atoms with Gasteiger partial charge >= 0.3 is 0 Å². The smallest absolute Gasteiger partial charge is 0.251 e. The van der Waals surface area contributed by atoms with Gasteiger partial charge < -0.3 is 16.0 Å². The highest BCUT2D eigenvalue weighted by Crippen LogP contribution is 2.21. The molecule has 2 atom stereocenters. The zero-order valence-corrected chi connectivity index (χ0v) is 12.8. The summed E-state index contributed by atoms with van der Waals surface area (Å²) in [6, 6.07) is 5.34. The molecular formula is C16H23N3O2. The Morgan fingerprint density at radius 2 is 2.10 bits per heavy atom. The second-order valence-electron chi connectivity index (χ2n) is 5.62. The van der Waals surface area contributed by atoms with E-state index in [1.807, 2.05) is 13.8 Å². The van der Waals surface area contributed by atoms with Gasteiger partial charge in [-0.05, 0) is 50.1 Å². The summed E-state index contributed by atoms with van der Waals surface area (Å²) in [6.07, 6.45) is 0. The lowest BCUT2D eigenvalue weighted by molar-refractivity contribution is -0.120. The zero-order chi connectivity index (χ0) is 15.4. The Morgan fingerprint density at radius 1 is 1.33 bits per heavy atom. The second kappa shape index (κ2) is 6.72. The van der Waals surface area contributed by atoms with Gasteiger partial charge in [-0.25, -0.2) is 0 Å². The number of rotatable bonds is 4. The lowest BCUT2D eigenvalue weighted by Gasteiger charge is -2.16. The summed E-state index contributed by atoms with van der Waals surface area (Å²) in [5, 5.41) is 8.96. The molecule has 0 radical (unpaired) electrons. The molecule has 3 N–H and O–H groups in total. The fourth-order valence-corrected chi connectivity index (χ4v) is 2.59. The van der Waals surface area contributed by atoms with Gasteiger partial charge in [-0.15, -0.1) is 0 Å². The van der Waals surface area contributed by atoms with Crippen LogP contribution in [-0.4, -0.2) is 31.4 Å². The molecule has 1 fully saturated rings. The van der Waals surface area contributed by atoms with Crippen LogP contribution in [0.2, 0.25) is 0 Å². The van der Waals surface area contributed by atoms with E-state index in [1.165, 1.54) is 0 Å². The first-order chi connectivity index (χ1) is 10.0. The Kier molecular flexibility index (Phi) is 4.96. The van der Waals surface area contributed by atoms with Crippen molar-refractivity contribution in [2.24, 2.45) is 11.8 Å². The molecule has 2 rings (SSSR count). The average Bonchev–Trinajstić information content (AvgIpc) is 2.87. The Hall–Kier alpha value is -1.88. The molecule has 0 aliphatic carbocycles. The first kappa shape index (κ1) is 15.5.